The van der Waals surface area contributed by atoms with Gasteiger partial charge in [-0.15, -0.1) is 0 Å². The lowest BCUT2D eigenvalue weighted by Crippen LogP contribution is -2.36. The number of methoxy groups -OCH3 is 1. The third-order valence-electron chi connectivity index (χ3n) is 3.47. The number of benzene rings is 1. The monoisotopic (exact) mass is 368 g/mol. The predicted octanol–water partition coefficient (Wildman–Crippen LogP) is 1.75. The van der Waals surface area contributed by atoms with Crippen molar-refractivity contribution in [3.63, 3.8) is 0 Å². The Bertz CT molecular complexity index is 707. The van der Waals surface area contributed by atoms with Gasteiger partial charge < -0.3 is 14.2 Å². The van der Waals surface area contributed by atoms with Crippen LogP contribution in [0.2, 0.25) is 5.02 Å². The van der Waals surface area contributed by atoms with Crippen LogP contribution in [0.25, 0.3) is 0 Å². The molecule has 134 valence electrons. The minimum absolute atomic E-state index is 0.00810. The zero-order chi connectivity index (χ0) is 18.2. The molecule has 0 N–H and O–H groups in total. The first-order valence-corrected chi connectivity index (χ1v) is 7.85. The number of halogens is 1. The van der Waals surface area contributed by atoms with Gasteiger partial charge in [-0.2, -0.15) is 0 Å². The van der Waals surface area contributed by atoms with Gasteiger partial charge in [-0.3, -0.25) is 15.0 Å². The van der Waals surface area contributed by atoms with Crippen LogP contribution in [0.3, 0.4) is 0 Å². The maximum atomic E-state index is 11.6. The highest BCUT2D eigenvalue weighted by molar-refractivity contribution is 6.34. The molecule has 0 bridgehead atoms. The largest absolute Gasteiger partial charge is 0.479 e. The Balaban J connectivity index is 2.04. The number of nitrogens with zero attached hydrogens (tertiary/aromatic N) is 2. The van der Waals surface area contributed by atoms with Crippen LogP contribution in [0.15, 0.2) is 12.1 Å². The SMILES string of the molecule is COC(=O)c1cc(OCC#CCN2CCOCC2)c(Cl)c([N+](=O)[O-])c1. The Morgan fingerprint density at radius 2 is 2.12 bits per heavy atom. The van der Waals surface area contributed by atoms with E-state index in [1.54, 1.807) is 0 Å². The summed E-state index contributed by atoms with van der Waals surface area (Å²) in [5.74, 6) is 5.07. The van der Waals surface area contributed by atoms with Crippen molar-refractivity contribution >= 4 is 23.3 Å². The van der Waals surface area contributed by atoms with Gasteiger partial charge in [0.25, 0.3) is 5.69 Å². The molecule has 1 saturated heterocycles. The Kier molecular flexibility index (Phi) is 7.01. The third-order valence-corrected chi connectivity index (χ3v) is 3.85. The summed E-state index contributed by atoms with van der Waals surface area (Å²) in [5, 5.41) is 10.9. The van der Waals surface area contributed by atoms with Crippen molar-refractivity contribution in [3.8, 4) is 17.6 Å². The fraction of sp³-hybridized carbons (Fsp3) is 0.438. The maximum Gasteiger partial charge on any atom is 0.338 e. The normalized spacial score (nSPS) is 14.3. The van der Waals surface area contributed by atoms with Crippen LogP contribution in [0.5, 0.6) is 5.75 Å². The molecule has 1 aromatic rings. The van der Waals surface area contributed by atoms with Crippen molar-refractivity contribution in [1.82, 2.24) is 4.90 Å². The number of rotatable bonds is 5. The number of nitro benzene ring substituents is 1. The molecule has 9 heteroatoms. The smallest absolute Gasteiger partial charge is 0.338 e. The van der Waals surface area contributed by atoms with Gasteiger partial charge in [-0.05, 0) is 6.07 Å². The fourth-order valence-electron chi connectivity index (χ4n) is 2.15. The number of carbonyl (C=O) groups is 1. The van der Waals surface area contributed by atoms with E-state index in [0.29, 0.717) is 19.8 Å². The quantitative estimate of drug-likeness (QED) is 0.338. The van der Waals surface area contributed by atoms with Gasteiger partial charge in [-0.25, -0.2) is 4.79 Å². The third kappa shape index (κ3) is 5.32. The molecule has 0 spiro atoms. The lowest BCUT2D eigenvalue weighted by atomic mass is 10.2. The topological polar surface area (TPSA) is 91.1 Å². The molecule has 1 heterocycles. The van der Waals surface area contributed by atoms with Gasteiger partial charge in [0.15, 0.2) is 5.02 Å². The summed E-state index contributed by atoms with van der Waals surface area (Å²) in [4.78, 5) is 24.1. The number of esters is 1. The zero-order valence-electron chi connectivity index (χ0n) is 13.6. The second kappa shape index (κ2) is 9.22. The predicted molar refractivity (Wildman–Crippen MR) is 90.0 cm³/mol. The second-order valence-corrected chi connectivity index (χ2v) is 5.46. The van der Waals surface area contributed by atoms with Crippen molar-refractivity contribution in [3.05, 3.63) is 32.8 Å². The van der Waals surface area contributed by atoms with Gasteiger partial charge in [0, 0.05) is 19.2 Å². The highest BCUT2D eigenvalue weighted by Gasteiger charge is 2.22. The van der Waals surface area contributed by atoms with E-state index in [1.165, 1.54) is 13.2 Å². The Hall–Kier alpha value is -2.34. The van der Waals surface area contributed by atoms with Gasteiger partial charge in [-0.1, -0.05) is 23.4 Å². The molecule has 0 atom stereocenters. The molecule has 8 nitrogen and oxygen atoms in total. The molecular weight excluding hydrogens is 352 g/mol. The van der Waals surface area contributed by atoms with Gasteiger partial charge in [0.05, 0.1) is 37.4 Å². The maximum absolute atomic E-state index is 11.6. The molecule has 0 aromatic heterocycles. The summed E-state index contributed by atoms with van der Waals surface area (Å²) in [6.07, 6.45) is 0. The van der Waals surface area contributed by atoms with Crippen LogP contribution in [0.4, 0.5) is 5.69 Å². The lowest BCUT2D eigenvalue weighted by Gasteiger charge is -2.24. The number of morpholine rings is 1. The van der Waals surface area contributed by atoms with Crippen LogP contribution >= 0.6 is 11.6 Å². The Labute approximate surface area is 149 Å². The van der Waals surface area contributed by atoms with E-state index in [2.05, 4.69) is 21.5 Å². The highest BCUT2D eigenvalue weighted by Crippen LogP contribution is 2.35. The van der Waals surface area contributed by atoms with Gasteiger partial charge in [0.1, 0.15) is 12.4 Å². The molecule has 0 aliphatic carbocycles. The van der Waals surface area contributed by atoms with Gasteiger partial charge in [0.2, 0.25) is 0 Å². The number of carbonyl (C=O) groups excluding carboxylic acids is 1. The average Bonchev–Trinajstić information content (AvgIpc) is 2.62. The molecule has 1 fully saturated rings. The van der Waals surface area contributed by atoms with Crippen molar-refractivity contribution in [2.75, 3.05) is 46.6 Å². The van der Waals surface area contributed by atoms with Crippen molar-refractivity contribution in [2.45, 2.75) is 0 Å². The molecule has 1 aliphatic heterocycles. The van der Waals surface area contributed by atoms with E-state index in [0.717, 1.165) is 19.2 Å². The molecule has 0 saturated carbocycles. The van der Waals surface area contributed by atoms with Crippen molar-refractivity contribution in [1.29, 1.82) is 0 Å². The second-order valence-electron chi connectivity index (χ2n) is 5.09. The van der Waals surface area contributed by atoms with E-state index in [-0.39, 0.29) is 22.9 Å². The van der Waals surface area contributed by atoms with E-state index in [4.69, 9.17) is 21.1 Å². The molecule has 0 unspecified atom stereocenters. The van der Waals surface area contributed by atoms with Crippen LogP contribution < -0.4 is 4.74 Å². The van der Waals surface area contributed by atoms with E-state index >= 15 is 0 Å². The molecule has 0 radical (unpaired) electrons. The van der Waals surface area contributed by atoms with Gasteiger partial charge >= 0.3 is 5.97 Å². The zero-order valence-corrected chi connectivity index (χ0v) is 14.4. The first-order valence-electron chi connectivity index (χ1n) is 7.47. The summed E-state index contributed by atoms with van der Waals surface area (Å²) in [7, 11) is 1.18. The van der Waals surface area contributed by atoms with Crippen molar-refractivity contribution in [2.24, 2.45) is 0 Å². The minimum atomic E-state index is -0.719. The molecule has 25 heavy (non-hydrogen) atoms. The van der Waals surface area contributed by atoms with Crippen LogP contribution in [0.1, 0.15) is 10.4 Å². The van der Waals surface area contributed by atoms with E-state index in [9.17, 15) is 14.9 Å². The van der Waals surface area contributed by atoms with Crippen LogP contribution in [-0.2, 0) is 9.47 Å². The number of hydrogen-bond donors (Lipinski definition) is 0. The minimum Gasteiger partial charge on any atom is -0.479 e. The van der Waals surface area contributed by atoms with E-state index in [1.807, 2.05) is 0 Å². The first-order chi connectivity index (χ1) is 12.0. The molecule has 2 rings (SSSR count). The van der Waals surface area contributed by atoms with Crippen molar-refractivity contribution < 1.29 is 23.9 Å². The summed E-state index contributed by atoms with van der Waals surface area (Å²) < 4.78 is 15.2. The standard InChI is InChI=1S/C16H17ClN2O6/c1-23-16(20)12-10-13(19(21)22)15(17)14(11-12)25-7-3-2-4-18-5-8-24-9-6-18/h10-11H,4-9H2,1H3. The summed E-state index contributed by atoms with van der Waals surface area (Å²) in [6.45, 7) is 3.62. The molecule has 1 aliphatic rings. The average molecular weight is 369 g/mol. The lowest BCUT2D eigenvalue weighted by molar-refractivity contribution is -0.384. The molecule has 1 aromatic carbocycles. The summed E-state index contributed by atoms with van der Waals surface area (Å²) in [5.41, 5.74) is -0.448. The summed E-state index contributed by atoms with van der Waals surface area (Å²) in [6, 6.07) is 2.34. The Morgan fingerprint density at radius 3 is 2.76 bits per heavy atom. The number of ether oxygens (including phenoxy) is 3. The molecular formula is C16H17ClN2O6. The van der Waals surface area contributed by atoms with Crippen LogP contribution in [0, 0.1) is 22.0 Å². The first kappa shape index (κ1) is 19.0. The Morgan fingerprint density at radius 1 is 1.40 bits per heavy atom. The molecule has 0 amide bonds. The number of nitro groups is 1. The van der Waals surface area contributed by atoms with E-state index < -0.39 is 16.6 Å². The highest BCUT2D eigenvalue weighted by atomic mass is 35.5. The fourth-order valence-corrected chi connectivity index (χ4v) is 2.38. The van der Waals surface area contributed by atoms with Crippen LogP contribution in [-0.4, -0.2) is 62.4 Å². The number of hydrogen-bond acceptors (Lipinski definition) is 7. The summed E-state index contributed by atoms with van der Waals surface area (Å²) >= 11 is 5.97.